The molecular weight excluding hydrogens is 316 g/mol. The van der Waals surface area contributed by atoms with Gasteiger partial charge in [-0.15, -0.1) is 0 Å². The number of amides is 3. The van der Waals surface area contributed by atoms with E-state index in [1.54, 1.807) is 0 Å². The number of hydrogen-bond acceptors (Lipinski definition) is 6. The highest BCUT2D eigenvalue weighted by atomic mass is 35.5. The van der Waals surface area contributed by atoms with Gasteiger partial charge in [0.1, 0.15) is 5.70 Å². The van der Waals surface area contributed by atoms with Crippen molar-refractivity contribution in [3.63, 3.8) is 0 Å². The molecular formula is C13H10ClN2O6-. The van der Waals surface area contributed by atoms with Crippen molar-refractivity contribution in [2.24, 2.45) is 0 Å². The van der Waals surface area contributed by atoms with Crippen molar-refractivity contribution in [1.29, 1.82) is 0 Å². The van der Waals surface area contributed by atoms with Crippen LogP contribution in [0.15, 0.2) is 17.8 Å². The van der Waals surface area contributed by atoms with Crippen molar-refractivity contribution in [2.45, 2.75) is 0 Å². The van der Waals surface area contributed by atoms with Crippen LogP contribution in [0.3, 0.4) is 0 Å². The van der Waals surface area contributed by atoms with Crippen molar-refractivity contribution in [2.75, 3.05) is 13.7 Å². The van der Waals surface area contributed by atoms with Crippen LogP contribution in [0.1, 0.15) is 5.56 Å². The molecule has 2 N–H and O–H groups in total. The lowest BCUT2D eigenvalue weighted by atomic mass is 10.1. The van der Waals surface area contributed by atoms with Crippen LogP contribution in [0.25, 0.3) is 6.08 Å². The van der Waals surface area contributed by atoms with Crippen molar-refractivity contribution in [3.05, 3.63) is 28.4 Å². The highest BCUT2D eigenvalue weighted by Gasteiger charge is 2.33. The number of phenolic OH excluding ortho intramolecular Hbond substituents is 1. The molecule has 1 aromatic carbocycles. The number of carbonyl (C=O) groups excluding carboxylic acids is 3. The molecule has 116 valence electrons. The summed E-state index contributed by atoms with van der Waals surface area (Å²) in [5.74, 6) is -2.54. The predicted octanol–water partition coefficient (Wildman–Crippen LogP) is -0.303. The van der Waals surface area contributed by atoms with Crippen LogP contribution >= 0.6 is 11.6 Å². The summed E-state index contributed by atoms with van der Waals surface area (Å²) >= 11 is 5.82. The summed E-state index contributed by atoms with van der Waals surface area (Å²) in [6.07, 6.45) is 1.28. The van der Waals surface area contributed by atoms with E-state index >= 15 is 0 Å². The Balaban J connectivity index is 2.34. The monoisotopic (exact) mass is 325 g/mol. The Morgan fingerprint density at radius 3 is 2.77 bits per heavy atom. The van der Waals surface area contributed by atoms with Gasteiger partial charge < -0.3 is 25.1 Å². The minimum Gasteiger partial charge on any atom is -0.548 e. The third kappa shape index (κ3) is 2.96. The van der Waals surface area contributed by atoms with Crippen LogP contribution in [0.5, 0.6) is 11.5 Å². The minimum atomic E-state index is -1.56. The molecule has 9 heteroatoms. The highest BCUT2D eigenvalue weighted by molar-refractivity contribution is 6.32. The van der Waals surface area contributed by atoms with Gasteiger partial charge in [0.05, 0.1) is 24.6 Å². The van der Waals surface area contributed by atoms with Crippen LogP contribution in [0.4, 0.5) is 4.79 Å². The first-order valence-electron chi connectivity index (χ1n) is 5.94. The second-order valence-electron chi connectivity index (χ2n) is 4.31. The molecule has 0 atom stereocenters. The van der Waals surface area contributed by atoms with Crippen molar-refractivity contribution in [3.8, 4) is 11.5 Å². The number of rotatable bonds is 4. The summed E-state index contributed by atoms with van der Waals surface area (Å²) in [7, 11) is 1.33. The summed E-state index contributed by atoms with van der Waals surface area (Å²) in [5.41, 5.74) is 0.244. The Bertz CT molecular complexity index is 700. The molecule has 2 rings (SSSR count). The maximum atomic E-state index is 11.9. The number of ether oxygens (including phenoxy) is 1. The average Bonchev–Trinajstić information content (AvgIpc) is 2.70. The van der Waals surface area contributed by atoms with Gasteiger partial charge in [-0.3, -0.25) is 9.69 Å². The maximum absolute atomic E-state index is 11.9. The first kappa shape index (κ1) is 15.6. The molecule has 8 nitrogen and oxygen atoms in total. The van der Waals surface area contributed by atoms with E-state index in [9.17, 15) is 24.6 Å². The molecule has 1 aliphatic rings. The molecule has 0 aromatic heterocycles. The number of carboxylic acids is 1. The van der Waals surface area contributed by atoms with Gasteiger partial charge in [-0.25, -0.2) is 4.79 Å². The van der Waals surface area contributed by atoms with E-state index < -0.39 is 24.5 Å². The number of carboxylic acid groups (broad SMARTS) is 1. The van der Waals surface area contributed by atoms with Gasteiger partial charge >= 0.3 is 6.03 Å². The van der Waals surface area contributed by atoms with Gasteiger partial charge in [-0.05, 0) is 23.8 Å². The number of phenols is 1. The average molecular weight is 326 g/mol. The summed E-state index contributed by atoms with van der Waals surface area (Å²) < 4.78 is 4.92. The number of benzene rings is 1. The van der Waals surface area contributed by atoms with E-state index in [0.717, 1.165) is 0 Å². The molecule has 22 heavy (non-hydrogen) atoms. The first-order chi connectivity index (χ1) is 10.3. The molecule has 1 fully saturated rings. The largest absolute Gasteiger partial charge is 0.548 e. The van der Waals surface area contributed by atoms with E-state index in [4.69, 9.17) is 16.3 Å². The topological polar surface area (TPSA) is 119 Å². The maximum Gasteiger partial charge on any atom is 0.329 e. The Hall–Kier alpha value is -2.74. The second kappa shape index (κ2) is 5.94. The number of methoxy groups -OCH3 is 1. The Morgan fingerprint density at radius 2 is 2.18 bits per heavy atom. The normalized spacial score (nSPS) is 16.1. The van der Waals surface area contributed by atoms with E-state index in [-0.39, 0.29) is 22.2 Å². The van der Waals surface area contributed by atoms with Crippen LogP contribution in [-0.2, 0) is 9.59 Å². The Kier molecular flexibility index (Phi) is 4.22. The van der Waals surface area contributed by atoms with Crippen molar-refractivity contribution >= 4 is 35.6 Å². The van der Waals surface area contributed by atoms with E-state index in [1.165, 1.54) is 25.3 Å². The fraction of sp³-hybridized carbons (Fsp3) is 0.154. The first-order valence-corrected chi connectivity index (χ1v) is 6.32. The molecule has 0 aliphatic carbocycles. The Morgan fingerprint density at radius 1 is 1.50 bits per heavy atom. The highest BCUT2D eigenvalue weighted by Crippen LogP contribution is 2.35. The summed E-state index contributed by atoms with van der Waals surface area (Å²) in [6, 6.07) is 1.89. The molecule has 1 aliphatic heterocycles. The number of urea groups is 1. The van der Waals surface area contributed by atoms with Crippen LogP contribution < -0.4 is 15.2 Å². The SMILES string of the molecule is COc1cc(/C=C2/NC(=O)N(CC(=O)[O-])C2=O)cc(Cl)c1O. The lowest BCUT2D eigenvalue weighted by molar-refractivity contribution is -0.305. The Labute approximate surface area is 129 Å². The van der Waals surface area contributed by atoms with Crippen molar-refractivity contribution in [1.82, 2.24) is 10.2 Å². The van der Waals surface area contributed by atoms with E-state index in [2.05, 4.69) is 5.32 Å². The minimum absolute atomic E-state index is 0.00503. The quantitative estimate of drug-likeness (QED) is 0.579. The lowest BCUT2D eigenvalue weighted by Crippen LogP contribution is -2.41. The number of carbonyl (C=O) groups is 3. The predicted molar refractivity (Wildman–Crippen MR) is 72.9 cm³/mol. The number of halogens is 1. The fourth-order valence-electron chi connectivity index (χ4n) is 1.84. The number of aromatic hydroxyl groups is 1. The van der Waals surface area contributed by atoms with Gasteiger partial charge in [-0.1, -0.05) is 11.6 Å². The third-order valence-corrected chi connectivity index (χ3v) is 3.12. The van der Waals surface area contributed by atoms with E-state index in [1.807, 2.05) is 0 Å². The van der Waals surface area contributed by atoms with Gasteiger partial charge in [0.2, 0.25) is 0 Å². The van der Waals surface area contributed by atoms with Crippen molar-refractivity contribution < 1.29 is 29.3 Å². The lowest BCUT2D eigenvalue weighted by Gasteiger charge is -2.11. The third-order valence-electron chi connectivity index (χ3n) is 2.83. The zero-order chi connectivity index (χ0) is 16.4. The summed E-state index contributed by atoms with van der Waals surface area (Å²) in [6.45, 7) is -0.846. The molecule has 1 heterocycles. The molecule has 3 amide bonds. The molecule has 0 radical (unpaired) electrons. The number of hydrogen-bond donors (Lipinski definition) is 2. The van der Waals surface area contributed by atoms with E-state index in [0.29, 0.717) is 10.5 Å². The molecule has 0 unspecified atom stereocenters. The smallest absolute Gasteiger partial charge is 0.329 e. The molecule has 1 saturated heterocycles. The van der Waals surface area contributed by atoms with Gasteiger partial charge in [0, 0.05) is 0 Å². The zero-order valence-electron chi connectivity index (χ0n) is 11.3. The number of imide groups is 1. The number of nitrogens with zero attached hydrogens (tertiary/aromatic N) is 1. The second-order valence-corrected chi connectivity index (χ2v) is 4.71. The molecule has 1 aromatic rings. The summed E-state index contributed by atoms with van der Waals surface area (Å²) in [5, 5.41) is 22.4. The standard InChI is InChI=1S/C13H11ClN2O6/c1-22-9-4-6(2-7(14)11(9)19)3-8-12(20)16(5-10(17)18)13(21)15-8/h2-4,19H,5H2,1H3,(H,15,21)(H,17,18)/p-1/b8-3+. The molecule has 0 bridgehead atoms. The fourth-order valence-corrected chi connectivity index (χ4v) is 2.06. The molecule has 0 saturated carbocycles. The van der Waals surface area contributed by atoms with Crippen LogP contribution in [0, 0.1) is 0 Å². The number of aliphatic carboxylic acids is 1. The number of nitrogens with one attached hydrogen (secondary N) is 1. The van der Waals surface area contributed by atoms with Gasteiger partial charge in [-0.2, -0.15) is 0 Å². The van der Waals surface area contributed by atoms with Gasteiger partial charge in [0.25, 0.3) is 5.91 Å². The van der Waals surface area contributed by atoms with Gasteiger partial charge in [0.15, 0.2) is 11.5 Å². The summed E-state index contributed by atoms with van der Waals surface area (Å²) in [4.78, 5) is 34.5. The zero-order valence-corrected chi connectivity index (χ0v) is 12.0. The van der Waals surface area contributed by atoms with Crippen LogP contribution in [0.2, 0.25) is 5.02 Å². The molecule has 0 spiro atoms. The van der Waals surface area contributed by atoms with Crippen LogP contribution in [-0.4, -0.2) is 41.6 Å².